The van der Waals surface area contributed by atoms with Gasteiger partial charge in [0, 0.05) is 17.3 Å². The van der Waals surface area contributed by atoms with Crippen molar-refractivity contribution < 1.29 is 19.0 Å². The summed E-state index contributed by atoms with van der Waals surface area (Å²) in [6, 6.07) is 17.6. The predicted octanol–water partition coefficient (Wildman–Crippen LogP) is 4.10. The van der Waals surface area contributed by atoms with Crippen LogP contribution in [0.5, 0.6) is 11.5 Å². The Morgan fingerprint density at radius 3 is 2.63 bits per heavy atom. The Labute approximate surface area is 157 Å². The zero-order valence-corrected chi connectivity index (χ0v) is 14.9. The highest BCUT2D eigenvalue weighted by molar-refractivity contribution is 5.78. The molecule has 1 aliphatic heterocycles. The molecule has 5 heteroatoms. The van der Waals surface area contributed by atoms with Crippen LogP contribution >= 0.6 is 0 Å². The smallest absolute Gasteiger partial charge is 0.172 e. The molecule has 2 heterocycles. The Morgan fingerprint density at radius 2 is 1.93 bits per heavy atom. The topological polar surface area (TPSA) is 57.7 Å². The highest BCUT2D eigenvalue weighted by Crippen LogP contribution is 2.41. The first-order valence-electron chi connectivity index (χ1n) is 8.69. The molecule has 0 amide bonds. The fraction of sp³-hybridized carbons (Fsp3) is 0.182. The quantitative estimate of drug-likeness (QED) is 0.619. The minimum atomic E-state index is -0.238. The van der Waals surface area contributed by atoms with E-state index in [2.05, 4.69) is 4.98 Å². The van der Waals surface area contributed by atoms with Crippen LogP contribution in [0.3, 0.4) is 0 Å². The van der Waals surface area contributed by atoms with Crippen LogP contribution in [0.1, 0.15) is 38.8 Å². The Hall–Kier alpha value is -3.18. The SMILES string of the molecule is COc1ccc(C2OCc3c2cnc(C=O)c3OCc2ccccc2)cc1. The first-order valence-corrected chi connectivity index (χ1v) is 8.69. The van der Waals surface area contributed by atoms with Gasteiger partial charge in [-0.3, -0.25) is 4.79 Å². The van der Waals surface area contributed by atoms with Crippen molar-refractivity contribution in [2.75, 3.05) is 7.11 Å². The van der Waals surface area contributed by atoms with Gasteiger partial charge in [-0.25, -0.2) is 4.98 Å². The number of carbonyl (C=O) groups excluding carboxylic acids is 1. The lowest BCUT2D eigenvalue weighted by Crippen LogP contribution is -2.05. The molecule has 1 aliphatic rings. The molecule has 0 fully saturated rings. The monoisotopic (exact) mass is 361 g/mol. The lowest BCUT2D eigenvalue weighted by molar-refractivity contribution is 0.0928. The van der Waals surface area contributed by atoms with Gasteiger partial charge in [0.05, 0.1) is 13.7 Å². The average Bonchev–Trinajstić information content (AvgIpc) is 3.17. The summed E-state index contributed by atoms with van der Waals surface area (Å²) in [6.45, 7) is 0.743. The van der Waals surface area contributed by atoms with Gasteiger partial charge < -0.3 is 14.2 Å². The number of nitrogens with zero attached hydrogens (tertiary/aromatic N) is 1. The van der Waals surface area contributed by atoms with Crippen LogP contribution in [0.2, 0.25) is 0 Å². The molecule has 1 unspecified atom stereocenters. The normalized spacial score (nSPS) is 15.2. The maximum atomic E-state index is 11.5. The van der Waals surface area contributed by atoms with Gasteiger partial charge in [-0.2, -0.15) is 0 Å². The number of fused-ring (bicyclic) bond motifs is 1. The van der Waals surface area contributed by atoms with E-state index in [1.807, 2.05) is 54.6 Å². The third-order valence-electron chi connectivity index (χ3n) is 4.63. The van der Waals surface area contributed by atoms with Crippen LogP contribution in [0.25, 0.3) is 0 Å². The Kier molecular flexibility index (Phi) is 4.85. The molecule has 5 nitrogen and oxygen atoms in total. The zero-order valence-electron chi connectivity index (χ0n) is 14.9. The summed E-state index contributed by atoms with van der Waals surface area (Å²) in [4.78, 5) is 15.8. The van der Waals surface area contributed by atoms with Gasteiger partial charge in [0.1, 0.15) is 24.2 Å². The van der Waals surface area contributed by atoms with Crippen LogP contribution in [0.4, 0.5) is 0 Å². The molecule has 0 spiro atoms. The molecule has 0 radical (unpaired) electrons. The van der Waals surface area contributed by atoms with Gasteiger partial charge in [-0.1, -0.05) is 42.5 Å². The molecule has 27 heavy (non-hydrogen) atoms. The second-order valence-electron chi connectivity index (χ2n) is 6.26. The van der Waals surface area contributed by atoms with Crippen LogP contribution in [-0.2, 0) is 18.0 Å². The second-order valence-corrected chi connectivity index (χ2v) is 6.26. The number of ether oxygens (including phenoxy) is 3. The molecule has 1 aromatic heterocycles. The number of benzene rings is 2. The van der Waals surface area contributed by atoms with Crippen molar-refractivity contribution in [3.8, 4) is 11.5 Å². The van der Waals surface area contributed by atoms with E-state index in [4.69, 9.17) is 14.2 Å². The van der Waals surface area contributed by atoms with E-state index in [-0.39, 0.29) is 6.10 Å². The fourth-order valence-corrected chi connectivity index (χ4v) is 3.22. The molecular weight excluding hydrogens is 342 g/mol. The van der Waals surface area contributed by atoms with Crippen LogP contribution in [-0.4, -0.2) is 18.4 Å². The first kappa shape index (κ1) is 17.2. The number of aldehydes is 1. The number of hydrogen-bond acceptors (Lipinski definition) is 5. The Morgan fingerprint density at radius 1 is 1.15 bits per heavy atom. The van der Waals surface area contributed by atoms with E-state index in [9.17, 15) is 4.79 Å². The van der Waals surface area contributed by atoms with E-state index in [0.29, 0.717) is 24.7 Å². The Balaban J connectivity index is 1.65. The summed E-state index contributed by atoms with van der Waals surface area (Å²) in [5, 5.41) is 0. The maximum absolute atomic E-state index is 11.5. The number of methoxy groups -OCH3 is 1. The van der Waals surface area contributed by atoms with Crippen molar-refractivity contribution in [2.45, 2.75) is 19.3 Å². The third-order valence-corrected chi connectivity index (χ3v) is 4.63. The molecular formula is C22H19NO4. The zero-order chi connectivity index (χ0) is 18.6. The minimum absolute atomic E-state index is 0.238. The summed E-state index contributed by atoms with van der Waals surface area (Å²) in [5.41, 5.74) is 4.13. The summed E-state index contributed by atoms with van der Waals surface area (Å²) in [6.07, 6.45) is 2.19. The molecule has 0 bridgehead atoms. The van der Waals surface area contributed by atoms with E-state index in [1.54, 1.807) is 13.3 Å². The van der Waals surface area contributed by atoms with Gasteiger partial charge in [-0.15, -0.1) is 0 Å². The van der Waals surface area contributed by atoms with Gasteiger partial charge >= 0.3 is 0 Å². The number of carbonyl (C=O) groups is 1. The molecule has 0 saturated heterocycles. The second kappa shape index (κ2) is 7.60. The van der Waals surface area contributed by atoms with Crippen molar-refractivity contribution in [1.82, 2.24) is 4.98 Å². The van der Waals surface area contributed by atoms with E-state index >= 15 is 0 Å². The number of pyridine rings is 1. The van der Waals surface area contributed by atoms with Gasteiger partial charge in [0.15, 0.2) is 12.0 Å². The average molecular weight is 361 g/mol. The van der Waals surface area contributed by atoms with Crippen LogP contribution in [0.15, 0.2) is 60.8 Å². The van der Waals surface area contributed by atoms with Crippen molar-refractivity contribution in [3.05, 3.63) is 88.7 Å². The molecule has 3 aromatic rings. The lowest BCUT2D eigenvalue weighted by Gasteiger charge is -2.14. The minimum Gasteiger partial charge on any atom is -0.497 e. The lowest BCUT2D eigenvalue weighted by atomic mass is 10.00. The number of aromatic nitrogens is 1. The molecule has 0 N–H and O–H groups in total. The molecule has 0 saturated carbocycles. The molecule has 0 aliphatic carbocycles. The summed E-state index contributed by atoms with van der Waals surface area (Å²) in [7, 11) is 1.64. The predicted molar refractivity (Wildman–Crippen MR) is 100 cm³/mol. The highest BCUT2D eigenvalue weighted by Gasteiger charge is 2.30. The van der Waals surface area contributed by atoms with Gasteiger partial charge in [0.25, 0.3) is 0 Å². The fourth-order valence-electron chi connectivity index (χ4n) is 3.22. The first-order chi connectivity index (χ1) is 13.3. The van der Waals surface area contributed by atoms with Crippen molar-refractivity contribution in [1.29, 1.82) is 0 Å². The van der Waals surface area contributed by atoms with Gasteiger partial charge in [-0.05, 0) is 23.3 Å². The van der Waals surface area contributed by atoms with Crippen LogP contribution in [0, 0.1) is 0 Å². The largest absolute Gasteiger partial charge is 0.497 e. The maximum Gasteiger partial charge on any atom is 0.172 e. The standard InChI is InChI=1S/C22H19NO4/c1-25-17-9-7-16(8-10-17)21-18-11-23-20(12-24)22(19(18)14-27-21)26-13-15-5-3-2-4-6-15/h2-12,21H,13-14H2,1H3. The number of hydrogen-bond donors (Lipinski definition) is 0. The molecule has 1 atom stereocenters. The molecule has 2 aromatic carbocycles. The third kappa shape index (κ3) is 3.41. The molecule has 4 rings (SSSR count). The molecule has 136 valence electrons. The summed E-state index contributed by atoms with van der Waals surface area (Å²) in [5.74, 6) is 1.29. The van der Waals surface area contributed by atoms with E-state index in [1.165, 1.54) is 0 Å². The van der Waals surface area contributed by atoms with Crippen molar-refractivity contribution in [3.63, 3.8) is 0 Å². The van der Waals surface area contributed by atoms with Crippen molar-refractivity contribution in [2.24, 2.45) is 0 Å². The van der Waals surface area contributed by atoms with Gasteiger partial charge in [0.2, 0.25) is 0 Å². The van der Waals surface area contributed by atoms with Crippen molar-refractivity contribution >= 4 is 6.29 Å². The summed E-state index contributed by atoms with van der Waals surface area (Å²) >= 11 is 0. The summed E-state index contributed by atoms with van der Waals surface area (Å²) < 4.78 is 17.2. The van der Waals surface area contributed by atoms with E-state index in [0.717, 1.165) is 34.3 Å². The Bertz CT molecular complexity index is 939. The number of rotatable bonds is 6. The van der Waals surface area contributed by atoms with E-state index < -0.39 is 0 Å². The highest BCUT2D eigenvalue weighted by atomic mass is 16.5. The van der Waals surface area contributed by atoms with Crippen LogP contribution < -0.4 is 9.47 Å².